The molecule has 0 bridgehead atoms. The number of ether oxygens (including phenoxy) is 1. The van der Waals surface area contributed by atoms with E-state index in [1.54, 1.807) is 6.08 Å². The fourth-order valence-electron chi connectivity index (χ4n) is 1.61. The van der Waals surface area contributed by atoms with Crippen LogP contribution in [-0.2, 0) is 9.53 Å². The molecule has 18 heavy (non-hydrogen) atoms. The summed E-state index contributed by atoms with van der Waals surface area (Å²) in [5, 5.41) is 0. The molecule has 0 unspecified atom stereocenters. The summed E-state index contributed by atoms with van der Waals surface area (Å²) >= 11 is 0. The maximum absolute atomic E-state index is 10.4. The van der Waals surface area contributed by atoms with E-state index in [9.17, 15) is 4.79 Å². The van der Waals surface area contributed by atoms with E-state index in [-0.39, 0.29) is 5.97 Å². The van der Waals surface area contributed by atoms with Gasteiger partial charge in [-0.25, -0.2) is 0 Å². The number of hydrogen-bond donors (Lipinski definition) is 0. The Morgan fingerprint density at radius 1 is 1.00 bits per heavy atom. The van der Waals surface area contributed by atoms with Crippen LogP contribution in [0.3, 0.4) is 0 Å². The zero-order chi connectivity index (χ0) is 13.5. The number of unbranched alkanes of at least 4 members (excludes halogenated alkanes) is 7. The van der Waals surface area contributed by atoms with Crippen molar-refractivity contribution in [1.82, 2.24) is 0 Å². The monoisotopic (exact) mass is 250 g/mol. The van der Waals surface area contributed by atoms with E-state index in [0.717, 1.165) is 12.8 Å². The van der Waals surface area contributed by atoms with Crippen LogP contribution >= 0.6 is 0 Å². The molecule has 0 saturated carbocycles. The van der Waals surface area contributed by atoms with E-state index in [1.165, 1.54) is 51.7 Å². The van der Waals surface area contributed by atoms with Crippen LogP contribution in [0.1, 0.15) is 58.3 Å². The molecule has 0 N–H and O–H groups in total. The van der Waals surface area contributed by atoms with Crippen molar-refractivity contribution < 1.29 is 9.53 Å². The van der Waals surface area contributed by atoms with Crippen LogP contribution in [0.25, 0.3) is 0 Å². The Morgan fingerprint density at radius 3 is 2.22 bits per heavy atom. The third-order valence-electron chi connectivity index (χ3n) is 2.59. The first-order valence-corrected chi connectivity index (χ1v) is 6.87. The first kappa shape index (κ1) is 16.7. The largest absolute Gasteiger partial charge is 0.435 e. The quantitative estimate of drug-likeness (QED) is 0.171. The summed E-state index contributed by atoms with van der Waals surface area (Å²) in [5.74, 6) is -0.281. The molecule has 0 aromatic rings. The number of carbonyl (C=O) groups is 1. The zero-order valence-corrected chi connectivity index (χ0v) is 11.6. The molecule has 2 heteroatoms. The smallest absolute Gasteiger partial charge is 0.307 e. The highest BCUT2D eigenvalue weighted by Crippen LogP contribution is 2.08. The molecule has 0 aliphatic heterocycles. The fourth-order valence-corrected chi connectivity index (χ4v) is 1.61. The normalized spacial score (nSPS) is 11.2. The van der Waals surface area contributed by atoms with Crippen molar-refractivity contribution in [2.24, 2.45) is 0 Å². The highest BCUT2D eigenvalue weighted by molar-refractivity contribution is 5.66. The average molecular weight is 250 g/mol. The Hall–Kier alpha value is -1.31. The lowest BCUT2D eigenvalue weighted by Gasteiger charge is -1.98. The summed E-state index contributed by atoms with van der Waals surface area (Å²) in [7, 11) is 0. The molecular formula is C16H26O2. The molecule has 0 aromatic heterocycles. The number of hydrogen-bond acceptors (Lipinski definition) is 2. The second-order valence-corrected chi connectivity index (χ2v) is 4.35. The summed E-state index contributed by atoms with van der Waals surface area (Å²) in [6.45, 7) is 5.11. The maximum atomic E-state index is 10.4. The minimum Gasteiger partial charge on any atom is -0.435 e. The Kier molecular flexibility index (Phi) is 12.8. The van der Waals surface area contributed by atoms with Crippen LogP contribution < -0.4 is 0 Å². The second-order valence-electron chi connectivity index (χ2n) is 4.35. The Labute approximate surface area is 111 Å². The topological polar surface area (TPSA) is 26.3 Å². The van der Waals surface area contributed by atoms with Crippen molar-refractivity contribution in [1.29, 1.82) is 0 Å². The average Bonchev–Trinajstić information content (AvgIpc) is 2.34. The van der Waals surface area contributed by atoms with Crippen LogP contribution in [0, 0.1) is 0 Å². The van der Waals surface area contributed by atoms with Gasteiger partial charge in [0.25, 0.3) is 0 Å². The minimum absolute atomic E-state index is 0.281. The third-order valence-corrected chi connectivity index (χ3v) is 2.59. The van der Waals surface area contributed by atoms with E-state index in [1.807, 2.05) is 12.2 Å². The van der Waals surface area contributed by atoms with Crippen LogP contribution in [0.15, 0.2) is 37.1 Å². The molecule has 0 spiro atoms. The molecule has 0 heterocycles. The highest BCUT2D eigenvalue weighted by atomic mass is 16.5. The number of allylic oxidation sites excluding steroid dienone is 4. The van der Waals surface area contributed by atoms with Crippen LogP contribution in [0.5, 0.6) is 0 Å². The molecule has 0 atom stereocenters. The van der Waals surface area contributed by atoms with Gasteiger partial charge in [0, 0.05) is 6.92 Å². The summed E-state index contributed by atoms with van der Waals surface area (Å²) in [6, 6.07) is 0. The molecule has 2 nitrogen and oxygen atoms in total. The predicted octanol–water partition coefficient (Wildman–Crippen LogP) is 4.93. The Bertz CT molecular complexity index is 264. The van der Waals surface area contributed by atoms with Gasteiger partial charge in [-0.3, -0.25) is 4.79 Å². The van der Waals surface area contributed by atoms with Gasteiger partial charge in [0.05, 0.1) is 6.26 Å². The van der Waals surface area contributed by atoms with Crippen molar-refractivity contribution >= 4 is 5.97 Å². The van der Waals surface area contributed by atoms with Crippen molar-refractivity contribution in [2.75, 3.05) is 0 Å². The molecule has 0 aromatic carbocycles. The summed E-state index contributed by atoms with van der Waals surface area (Å²) in [5.41, 5.74) is 0. The van der Waals surface area contributed by atoms with Crippen LogP contribution in [-0.4, -0.2) is 5.97 Å². The molecule has 102 valence electrons. The summed E-state index contributed by atoms with van der Waals surface area (Å²) < 4.78 is 4.66. The van der Waals surface area contributed by atoms with Gasteiger partial charge >= 0.3 is 5.97 Å². The van der Waals surface area contributed by atoms with E-state index < -0.39 is 0 Å². The zero-order valence-electron chi connectivity index (χ0n) is 11.6. The Balaban J connectivity index is 3.19. The number of carbonyl (C=O) groups excluding carboxylic acids is 1. The van der Waals surface area contributed by atoms with Crippen molar-refractivity contribution in [2.45, 2.75) is 58.3 Å². The lowest BCUT2D eigenvalue weighted by Crippen LogP contribution is -1.88. The first-order chi connectivity index (χ1) is 8.77. The molecular weight excluding hydrogens is 224 g/mol. The second kappa shape index (κ2) is 13.8. The number of rotatable bonds is 11. The SMILES string of the molecule is C=CCCCCCCCCC=CC=COC(C)=O. The summed E-state index contributed by atoms with van der Waals surface area (Å²) in [4.78, 5) is 10.4. The molecule has 0 aliphatic carbocycles. The summed E-state index contributed by atoms with van der Waals surface area (Å²) in [6.07, 6.45) is 19.2. The molecule has 0 saturated heterocycles. The molecule has 0 fully saturated rings. The predicted molar refractivity (Wildman–Crippen MR) is 77.2 cm³/mol. The van der Waals surface area contributed by atoms with Gasteiger partial charge in [-0.1, -0.05) is 43.9 Å². The van der Waals surface area contributed by atoms with E-state index in [2.05, 4.69) is 17.4 Å². The van der Waals surface area contributed by atoms with Crippen molar-refractivity contribution in [3.8, 4) is 0 Å². The van der Waals surface area contributed by atoms with Crippen molar-refractivity contribution in [3.05, 3.63) is 37.1 Å². The van der Waals surface area contributed by atoms with Gasteiger partial charge < -0.3 is 4.74 Å². The van der Waals surface area contributed by atoms with Crippen molar-refractivity contribution in [3.63, 3.8) is 0 Å². The molecule has 0 amide bonds. The molecule has 0 radical (unpaired) electrons. The van der Waals surface area contributed by atoms with E-state index >= 15 is 0 Å². The van der Waals surface area contributed by atoms with Gasteiger partial charge in [0.1, 0.15) is 0 Å². The van der Waals surface area contributed by atoms with Gasteiger partial charge in [0.2, 0.25) is 0 Å². The fraction of sp³-hybridized carbons (Fsp3) is 0.562. The number of esters is 1. The van der Waals surface area contributed by atoms with Gasteiger partial charge in [0.15, 0.2) is 0 Å². The van der Waals surface area contributed by atoms with Gasteiger partial charge in [-0.2, -0.15) is 0 Å². The van der Waals surface area contributed by atoms with E-state index in [0.29, 0.717) is 0 Å². The standard InChI is InChI=1S/C16H26O2/c1-3-4-5-6-7-8-9-10-11-12-13-14-15-18-16(2)17/h3,12-15H,1,4-11H2,2H3. The lowest BCUT2D eigenvalue weighted by atomic mass is 10.1. The highest BCUT2D eigenvalue weighted by Gasteiger charge is 1.89. The Morgan fingerprint density at radius 2 is 1.61 bits per heavy atom. The lowest BCUT2D eigenvalue weighted by molar-refractivity contribution is -0.135. The van der Waals surface area contributed by atoms with Gasteiger partial charge in [-0.15, -0.1) is 6.58 Å². The maximum Gasteiger partial charge on any atom is 0.307 e. The third kappa shape index (κ3) is 14.7. The minimum atomic E-state index is -0.281. The molecule has 0 aliphatic rings. The van der Waals surface area contributed by atoms with Crippen LogP contribution in [0.2, 0.25) is 0 Å². The van der Waals surface area contributed by atoms with Crippen LogP contribution in [0.4, 0.5) is 0 Å². The molecule has 0 rings (SSSR count). The van der Waals surface area contributed by atoms with Gasteiger partial charge in [-0.05, 0) is 31.8 Å². The first-order valence-electron chi connectivity index (χ1n) is 6.87. The van der Waals surface area contributed by atoms with E-state index in [4.69, 9.17) is 0 Å².